The van der Waals surface area contributed by atoms with Crippen molar-refractivity contribution in [2.75, 3.05) is 33.9 Å². The molecule has 0 aliphatic carbocycles. The Balaban J connectivity index is 0.00000144. The number of nitrogens with zero attached hydrogens (tertiary/aromatic N) is 2. The molecule has 0 radical (unpaired) electrons. The largest absolute Gasteiger partial charge is 1.00 e. The van der Waals surface area contributed by atoms with E-state index in [0.29, 0.717) is 19.8 Å². The normalized spacial score (nSPS) is 20.1. The van der Waals surface area contributed by atoms with Crippen molar-refractivity contribution in [2.45, 2.75) is 12.6 Å². The molecule has 17 heavy (non-hydrogen) atoms. The van der Waals surface area contributed by atoms with Gasteiger partial charge in [0.1, 0.15) is 0 Å². The Morgan fingerprint density at radius 3 is 2.94 bits per heavy atom. The molecule has 1 saturated heterocycles. The predicted octanol–water partition coefficient (Wildman–Crippen LogP) is -1.96. The van der Waals surface area contributed by atoms with Gasteiger partial charge >= 0.3 is 51.4 Å². The third-order valence-electron chi connectivity index (χ3n) is 2.50. The predicted molar refractivity (Wildman–Crippen MR) is 60.0 cm³/mol. The smallest absolute Gasteiger partial charge is 0.389 e. The molecule has 1 aromatic rings. The van der Waals surface area contributed by atoms with Crippen molar-refractivity contribution in [3.8, 4) is 0 Å². The third-order valence-corrected chi connectivity index (χ3v) is 2.50. The quantitative estimate of drug-likeness (QED) is 0.467. The molecule has 0 saturated carbocycles. The summed E-state index contributed by atoms with van der Waals surface area (Å²) in [6, 6.07) is 3.84. The van der Waals surface area contributed by atoms with Gasteiger partial charge < -0.3 is 19.4 Å². The molecule has 2 rings (SSSR count). The van der Waals surface area contributed by atoms with E-state index in [1.807, 2.05) is 26.2 Å². The van der Waals surface area contributed by atoms with Crippen LogP contribution in [0.1, 0.15) is 17.4 Å². The molecule has 0 amide bonds. The van der Waals surface area contributed by atoms with Crippen molar-refractivity contribution < 1.29 is 60.9 Å². The first-order valence-electron chi connectivity index (χ1n) is 5.47. The summed E-state index contributed by atoms with van der Waals surface area (Å²) in [6.45, 7) is 2.76. The molecule has 88 valence electrons. The number of aromatic nitrogens is 1. The van der Waals surface area contributed by atoms with Crippen molar-refractivity contribution >= 4 is 0 Å². The maximum atomic E-state index is 5.69. The van der Waals surface area contributed by atoms with Crippen LogP contribution < -0.4 is 51.4 Å². The summed E-state index contributed by atoms with van der Waals surface area (Å²) >= 11 is 0. The number of hydrogen-bond acceptors (Lipinski definition) is 4. The second kappa shape index (κ2) is 7.96. The molecule has 1 unspecified atom stereocenters. The van der Waals surface area contributed by atoms with Crippen molar-refractivity contribution in [3.05, 3.63) is 29.6 Å². The van der Waals surface area contributed by atoms with Gasteiger partial charge in [-0.1, -0.05) is 11.9 Å². The molecule has 1 aliphatic heterocycles. The van der Waals surface area contributed by atoms with Crippen LogP contribution in [0.25, 0.3) is 0 Å². The Labute approximate surface area is 145 Å². The summed E-state index contributed by atoms with van der Waals surface area (Å²) in [6.07, 6.45) is 2.89. The summed E-state index contributed by atoms with van der Waals surface area (Å²) in [5.41, 5.74) is 2.13. The van der Waals surface area contributed by atoms with Crippen LogP contribution >= 0.6 is 0 Å². The summed E-state index contributed by atoms with van der Waals surface area (Å²) in [4.78, 5) is 6.38. The first-order valence-corrected chi connectivity index (χ1v) is 5.47. The van der Waals surface area contributed by atoms with Crippen molar-refractivity contribution in [1.29, 1.82) is 0 Å². The zero-order chi connectivity index (χ0) is 11.4. The van der Waals surface area contributed by atoms with Crippen molar-refractivity contribution in [2.24, 2.45) is 0 Å². The van der Waals surface area contributed by atoms with E-state index in [0.717, 1.165) is 17.8 Å². The second-order valence-electron chi connectivity index (χ2n) is 4.15. The van der Waals surface area contributed by atoms with Gasteiger partial charge in [-0.25, -0.2) is 0 Å². The number of rotatable bonds is 3. The Morgan fingerprint density at radius 1 is 1.47 bits per heavy atom. The molecule has 1 atom stereocenters. The minimum absolute atomic E-state index is 0. The Kier molecular flexibility index (Phi) is 7.36. The zero-order valence-corrected chi connectivity index (χ0v) is 13.9. The van der Waals surface area contributed by atoms with Gasteiger partial charge in [-0.05, 0) is 20.6 Å². The number of ether oxygens (including phenoxy) is 2. The fraction of sp³-hybridized carbons (Fsp3) is 0.583. The van der Waals surface area contributed by atoms with Crippen LogP contribution in [0.2, 0.25) is 0 Å². The topological polar surface area (TPSA) is 34.6 Å². The third kappa shape index (κ3) is 4.68. The Hall–Kier alpha value is 0.666. The van der Waals surface area contributed by atoms with E-state index in [2.05, 4.69) is 16.1 Å². The molecule has 0 aromatic carbocycles. The molecule has 0 N–H and O–H groups in total. The molecule has 0 bridgehead atoms. The van der Waals surface area contributed by atoms with Crippen LogP contribution in [0.3, 0.4) is 0 Å². The fourth-order valence-corrected chi connectivity index (χ4v) is 1.79. The van der Waals surface area contributed by atoms with Crippen LogP contribution in [0, 0.1) is 6.20 Å². The van der Waals surface area contributed by atoms with E-state index in [4.69, 9.17) is 9.47 Å². The maximum absolute atomic E-state index is 5.69. The summed E-state index contributed by atoms with van der Waals surface area (Å²) in [5.74, 6) is 0. The molecule has 0 spiro atoms. The van der Waals surface area contributed by atoms with Gasteiger partial charge in [0.15, 0.2) is 0 Å². The minimum Gasteiger partial charge on any atom is -0.389 e. The number of hydrogen-bond donors (Lipinski definition) is 0. The van der Waals surface area contributed by atoms with Gasteiger partial charge in [0.25, 0.3) is 0 Å². The van der Waals surface area contributed by atoms with Gasteiger partial charge in [-0.2, -0.15) is 12.1 Å². The molecule has 4 nitrogen and oxygen atoms in total. The van der Waals surface area contributed by atoms with Crippen molar-refractivity contribution in [3.63, 3.8) is 0 Å². The molecule has 1 fully saturated rings. The summed E-state index contributed by atoms with van der Waals surface area (Å²) in [5, 5.41) is 0. The number of pyridine rings is 1. The van der Waals surface area contributed by atoms with E-state index < -0.39 is 0 Å². The molecule has 1 aliphatic rings. The summed E-state index contributed by atoms with van der Waals surface area (Å²) < 4.78 is 11.1. The van der Waals surface area contributed by atoms with Crippen LogP contribution in [0.4, 0.5) is 0 Å². The maximum Gasteiger partial charge on any atom is 1.00 e. The fourth-order valence-electron chi connectivity index (χ4n) is 1.79. The average Bonchev–Trinajstić information content (AvgIpc) is 2.30. The first kappa shape index (κ1) is 15.7. The van der Waals surface area contributed by atoms with Crippen LogP contribution in [0.5, 0.6) is 0 Å². The van der Waals surface area contributed by atoms with Crippen LogP contribution in [0.15, 0.2) is 12.1 Å². The molecule has 1 aromatic heterocycles. The van der Waals surface area contributed by atoms with E-state index in [-0.39, 0.29) is 57.5 Å². The van der Waals surface area contributed by atoms with Crippen LogP contribution in [-0.2, 0) is 16.0 Å². The van der Waals surface area contributed by atoms with Crippen LogP contribution in [-0.4, -0.2) is 43.8 Å². The van der Waals surface area contributed by atoms with E-state index >= 15 is 0 Å². The molecular formula is C12H17KN2O2. The Morgan fingerprint density at radius 2 is 2.29 bits per heavy atom. The van der Waals surface area contributed by atoms with Gasteiger partial charge in [-0.3, -0.25) is 0 Å². The van der Waals surface area contributed by atoms with Gasteiger partial charge in [-0.15, -0.1) is 5.56 Å². The average molecular weight is 260 g/mol. The second-order valence-corrected chi connectivity index (χ2v) is 4.15. The van der Waals surface area contributed by atoms with Gasteiger partial charge in [0.2, 0.25) is 0 Å². The molecule has 5 heteroatoms. The standard InChI is InChI=1S/C12H17N2O2.K/c1-14(2)8-11-10(4-3-5-13-11)12-9-15-6-7-16-12;/h3-4,12H,6-9H2,1-2H3;/q-1;+1. The van der Waals surface area contributed by atoms with E-state index in [1.54, 1.807) is 0 Å². The van der Waals surface area contributed by atoms with Gasteiger partial charge in [0.05, 0.1) is 25.9 Å². The zero-order valence-electron chi connectivity index (χ0n) is 10.8. The Bertz CT molecular complexity index is 341. The minimum atomic E-state index is 0. The molecular weight excluding hydrogens is 243 g/mol. The van der Waals surface area contributed by atoms with E-state index in [1.165, 1.54) is 0 Å². The van der Waals surface area contributed by atoms with Gasteiger partial charge in [0, 0.05) is 0 Å². The monoisotopic (exact) mass is 260 g/mol. The first-order chi connectivity index (χ1) is 7.77. The van der Waals surface area contributed by atoms with Crippen molar-refractivity contribution in [1.82, 2.24) is 9.88 Å². The summed E-state index contributed by atoms with van der Waals surface area (Å²) in [7, 11) is 4.05. The molecule has 2 heterocycles. The SMILES string of the molecule is CN(C)Cc1n[c-]ccc1C1COCCO1.[K+]. The van der Waals surface area contributed by atoms with E-state index in [9.17, 15) is 0 Å².